The molecule has 1 aliphatic rings. The summed E-state index contributed by atoms with van der Waals surface area (Å²) in [5, 5.41) is 0. The van der Waals surface area contributed by atoms with E-state index in [1.165, 1.54) is 12.8 Å². The summed E-state index contributed by atoms with van der Waals surface area (Å²) in [4.78, 5) is 13.9. The maximum atomic E-state index is 11.9. The molecule has 0 aromatic heterocycles. The molecule has 1 amide bonds. The van der Waals surface area contributed by atoms with Crippen molar-refractivity contribution in [1.82, 2.24) is 4.90 Å². The van der Waals surface area contributed by atoms with Crippen molar-refractivity contribution in [2.75, 3.05) is 13.1 Å². The second kappa shape index (κ2) is 3.69. The standard InChI is InChI=1S/C11H21NO/c1-9(11(2,3)4)10(13)12-7-5-6-8-12/h9H,5-8H2,1-4H3. The van der Waals surface area contributed by atoms with Gasteiger partial charge in [-0.05, 0) is 18.3 Å². The Morgan fingerprint density at radius 1 is 1.23 bits per heavy atom. The molecular formula is C11H21NO. The van der Waals surface area contributed by atoms with Gasteiger partial charge in [0, 0.05) is 19.0 Å². The number of hydrogen-bond donors (Lipinski definition) is 0. The van der Waals surface area contributed by atoms with Crippen molar-refractivity contribution in [2.45, 2.75) is 40.5 Å². The van der Waals surface area contributed by atoms with Crippen molar-refractivity contribution < 1.29 is 4.79 Å². The monoisotopic (exact) mass is 183 g/mol. The van der Waals surface area contributed by atoms with Crippen LogP contribution >= 0.6 is 0 Å². The van der Waals surface area contributed by atoms with Crippen LogP contribution in [0.25, 0.3) is 0 Å². The molecule has 2 nitrogen and oxygen atoms in total. The molecule has 1 fully saturated rings. The van der Waals surface area contributed by atoms with Crippen LogP contribution in [0.1, 0.15) is 40.5 Å². The molecule has 1 saturated heterocycles. The predicted molar refractivity (Wildman–Crippen MR) is 54.4 cm³/mol. The minimum atomic E-state index is 0.0969. The van der Waals surface area contributed by atoms with E-state index in [1.807, 2.05) is 11.8 Å². The van der Waals surface area contributed by atoms with Crippen molar-refractivity contribution in [3.63, 3.8) is 0 Å². The number of amides is 1. The molecule has 0 radical (unpaired) electrons. The van der Waals surface area contributed by atoms with E-state index >= 15 is 0 Å². The molecule has 0 saturated carbocycles. The van der Waals surface area contributed by atoms with E-state index in [-0.39, 0.29) is 11.3 Å². The van der Waals surface area contributed by atoms with Crippen LogP contribution in [0.15, 0.2) is 0 Å². The summed E-state index contributed by atoms with van der Waals surface area (Å²) in [6.45, 7) is 10.4. The van der Waals surface area contributed by atoms with Gasteiger partial charge in [0.2, 0.25) is 5.91 Å². The second-order valence-corrected chi connectivity index (χ2v) is 5.12. The molecule has 0 aliphatic carbocycles. The van der Waals surface area contributed by atoms with Crippen molar-refractivity contribution in [3.8, 4) is 0 Å². The van der Waals surface area contributed by atoms with Gasteiger partial charge in [-0.25, -0.2) is 0 Å². The highest BCUT2D eigenvalue weighted by Gasteiger charge is 2.31. The molecule has 76 valence electrons. The lowest BCUT2D eigenvalue weighted by Gasteiger charge is -2.29. The van der Waals surface area contributed by atoms with E-state index in [9.17, 15) is 4.79 Å². The van der Waals surface area contributed by atoms with E-state index in [2.05, 4.69) is 20.8 Å². The van der Waals surface area contributed by atoms with Gasteiger partial charge in [0.25, 0.3) is 0 Å². The largest absolute Gasteiger partial charge is 0.342 e. The van der Waals surface area contributed by atoms with Gasteiger partial charge in [0.05, 0.1) is 0 Å². The van der Waals surface area contributed by atoms with Gasteiger partial charge in [0.1, 0.15) is 0 Å². The predicted octanol–water partition coefficient (Wildman–Crippen LogP) is 2.29. The summed E-state index contributed by atoms with van der Waals surface area (Å²) in [6.07, 6.45) is 2.37. The van der Waals surface area contributed by atoms with Crippen LogP contribution in [0.4, 0.5) is 0 Å². The zero-order chi connectivity index (χ0) is 10.1. The molecule has 0 bridgehead atoms. The molecule has 1 aliphatic heterocycles. The molecular weight excluding hydrogens is 162 g/mol. The highest BCUT2D eigenvalue weighted by Crippen LogP contribution is 2.28. The van der Waals surface area contributed by atoms with Crippen molar-refractivity contribution in [3.05, 3.63) is 0 Å². The molecule has 0 spiro atoms. The molecule has 0 N–H and O–H groups in total. The first-order valence-electron chi connectivity index (χ1n) is 5.21. The Hall–Kier alpha value is -0.530. The molecule has 13 heavy (non-hydrogen) atoms. The van der Waals surface area contributed by atoms with Gasteiger partial charge in [-0.2, -0.15) is 0 Å². The highest BCUT2D eigenvalue weighted by atomic mass is 16.2. The maximum absolute atomic E-state index is 11.9. The zero-order valence-electron chi connectivity index (χ0n) is 9.26. The minimum Gasteiger partial charge on any atom is -0.342 e. The third-order valence-corrected chi connectivity index (χ3v) is 3.09. The first kappa shape index (κ1) is 10.6. The van der Waals surface area contributed by atoms with Crippen LogP contribution in [-0.2, 0) is 4.79 Å². The number of hydrogen-bond acceptors (Lipinski definition) is 1. The van der Waals surface area contributed by atoms with E-state index in [4.69, 9.17) is 0 Å². The van der Waals surface area contributed by atoms with E-state index < -0.39 is 0 Å². The average Bonchev–Trinajstić information content (AvgIpc) is 2.51. The summed E-state index contributed by atoms with van der Waals surface area (Å²) >= 11 is 0. The SMILES string of the molecule is CC(C(=O)N1CCCC1)C(C)(C)C. The van der Waals surface area contributed by atoms with E-state index in [0.717, 1.165) is 13.1 Å². The van der Waals surface area contributed by atoms with Gasteiger partial charge >= 0.3 is 0 Å². The van der Waals surface area contributed by atoms with Crippen LogP contribution < -0.4 is 0 Å². The van der Waals surface area contributed by atoms with Gasteiger partial charge in [0.15, 0.2) is 0 Å². The Labute approximate surface area is 81.3 Å². The first-order chi connectivity index (χ1) is 5.93. The van der Waals surface area contributed by atoms with Gasteiger partial charge in [-0.3, -0.25) is 4.79 Å². The Bertz CT molecular complexity index is 187. The average molecular weight is 183 g/mol. The highest BCUT2D eigenvalue weighted by molar-refractivity contribution is 5.79. The summed E-state index contributed by atoms with van der Waals surface area (Å²) in [5.41, 5.74) is 0.0969. The van der Waals surface area contributed by atoms with Crippen LogP contribution in [0.5, 0.6) is 0 Å². The summed E-state index contributed by atoms with van der Waals surface area (Å²) < 4.78 is 0. The number of nitrogens with zero attached hydrogens (tertiary/aromatic N) is 1. The number of rotatable bonds is 1. The van der Waals surface area contributed by atoms with Crippen LogP contribution in [0.2, 0.25) is 0 Å². The van der Waals surface area contributed by atoms with Gasteiger partial charge < -0.3 is 4.90 Å². The maximum Gasteiger partial charge on any atom is 0.225 e. The van der Waals surface area contributed by atoms with E-state index in [0.29, 0.717) is 5.91 Å². The minimum absolute atomic E-state index is 0.0969. The Morgan fingerprint density at radius 3 is 2.08 bits per heavy atom. The number of carbonyl (C=O) groups excluding carboxylic acids is 1. The van der Waals surface area contributed by atoms with E-state index in [1.54, 1.807) is 0 Å². The Kier molecular flexibility index (Phi) is 2.99. The zero-order valence-corrected chi connectivity index (χ0v) is 9.26. The van der Waals surface area contributed by atoms with Gasteiger partial charge in [-0.15, -0.1) is 0 Å². The molecule has 1 unspecified atom stereocenters. The van der Waals surface area contributed by atoms with Crippen molar-refractivity contribution in [1.29, 1.82) is 0 Å². The molecule has 0 aromatic carbocycles. The normalized spacial score (nSPS) is 20.5. The number of likely N-dealkylation sites (tertiary alicyclic amines) is 1. The Morgan fingerprint density at radius 2 is 1.69 bits per heavy atom. The fourth-order valence-electron chi connectivity index (χ4n) is 1.58. The Balaban J connectivity index is 2.56. The van der Waals surface area contributed by atoms with Crippen molar-refractivity contribution in [2.24, 2.45) is 11.3 Å². The topological polar surface area (TPSA) is 20.3 Å². The van der Waals surface area contributed by atoms with Crippen LogP contribution in [0, 0.1) is 11.3 Å². The third kappa shape index (κ3) is 2.45. The van der Waals surface area contributed by atoms with Crippen LogP contribution in [-0.4, -0.2) is 23.9 Å². The molecule has 1 atom stereocenters. The molecule has 0 aromatic rings. The summed E-state index contributed by atoms with van der Waals surface area (Å²) in [5.74, 6) is 0.482. The third-order valence-electron chi connectivity index (χ3n) is 3.09. The fraction of sp³-hybridized carbons (Fsp3) is 0.909. The fourth-order valence-corrected chi connectivity index (χ4v) is 1.58. The second-order valence-electron chi connectivity index (χ2n) is 5.12. The molecule has 2 heteroatoms. The smallest absolute Gasteiger partial charge is 0.225 e. The van der Waals surface area contributed by atoms with Crippen LogP contribution in [0.3, 0.4) is 0 Å². The molecule has 1 heterocycles. The lowest BCUT2D eigenvalue weighted by molar-refractivity contribution is -0.137. The summed E-state index contributed by atoms with van der Waals surface area (Å²) in [6, 6.07) is 0. The first-order valence-corrected chi connectivity index (χ1v) is 5.21. The molecule has 1 rings (SSSR count). The van der Waals surface area contributed by atoms with Gasteiger partial charge in [-0.1, -0.05) is 27.7 Å². The quantitative estimate of drug-likeness (QED) is 0.611. The number of carbonyl (C=O) groups is 1. The lowest BCUT2D eigenvalue weighted by atomic mass is 9.81. The lowest BCUT2D eigenvalue weighted by Crippen LogP contribution is -2.38. The van der Waals surface area contributed by atoms with Crippen molar-refractivity contribution >= 4 is 5.91 Å². The summed E-state index contributed by atoms with van der Waals surface area (Å²) in [7, 11) is 0.